The van der Waals surface area contributed by atoms with Gasteiger partial charge in [0.05, 0.1) is 10.6 Å². The Hall–Kier alpha value is -2.38. The molecule has 7 heteroatoms. The maximum absolute atomic E-state index is 12.5. The van der Waals surface area contributed by atoms with Gasteiger partial charge in [-0.1, -0.05) is 32.0 Å². The SMILES string of the molecule is CCC(C)c1ccc(S(=O)(=O)Nc2cccc(NC(=O)CO)c2)cc1. The molecule has 3 N–H and O–H groups in total. The first-order chi connectivity index (χ1) is 11.9. The molecule has 0 aliphatic rings. The molecule has 1 atom stereocenters. The Bertz CT molecular complexity index is 832. The average molecular weight is 362 g/mol. The molecule has 0 aliphatic heterocycles. The van der Waals surface area contributed by atoms with Crippen LogP contribution in [0.15, 0.2) is 53.4 Å². The largest absolute Gasteiger partial charge is 0.387 e. The van der Waals surface area contributed by atoms with Crippen molar-refractivity contribution in [1.29, 1.82) is 0 Å². The molecule has 1 amide bonds. The fourth-order valence-electron chi connectivity index (χ4n) is 2.29. The lowest BCUT2D eigenvalue weighted by Gasteiger charge is -2.12. The molecule has 0 heterocycles. The first-order valence-electron chi connectivity index (χ1n) is 7.99. The van der Waals surface area contributed by atoms with Crippen LogP contribution in [-0.4, -0.2) is 26.0 Å². The number of carbonyl (C=O) groups is 1. The van der Waals surface area contributed by atoms with Crippen LogP contribution in [0, 0.1) is 0 Å². The summed E-state index contributed by atoms with van der Waals surface area (Å²) in [5.41, 5.74) is 1.81. The molecular formula is C18H22N2O4S. The molecule has 1 unspecified atom stereocenters. The number of amides is 1. The van der Waals surface area contributed by atoms with Crippen LogP contribution in [0.2, 0.25) is 0 Å². The first kappa shape index (κ1) is 19.0. The van der Waals surface area contributed by atoms with Gasteiger partial charge in [-0.25, -0.2) is 8.42 Å². The van der Waals surface area contributed by atoms with Gasteiger partial charge in [0.15, 0.2) is 0 Å². The van der Waals surface area contributed by atoms with Crippen LogP contribution in [-0.2, 0) is 14.8 Å². The molecule has 0 fully saturated rings. The maximum Gasteiger partial charge on any atom is 0.261 e. The van der Waals surface area contributed by atoms with Crippen molar-refractivity contribution in [2.75, 3.05) is 16.6 Å². The van der Waals surface area contributed by atoms with Crippen molar-refractivity contribution in [2.45, 2.75) is 31.1 Å². The van der Waals surface area contributed by atoms with Gasteiger partial charge in [-0.15, -0.1) is 0 Å². The van der Waals surface area contributed by atoms with Gasteiger partial charge in [-0.2, -0.15) is 0 Å². The second-order valence-corrected chi connectivity index (χ2v) is 7.45. The van der Waals surface area contributed by atoms with Crippen molar-refractivity contribution < 1.29 is 18.3 Å². The van der Waals surface area contributed by atoms with Crippen molar-refractivity contribution in [2.24, 2.45) is 0 Å². The molecular weight excluding hydrogens is 340 g/mol. The number of aliphatic hydroxyl groups excluding tert-OH is 1. The second kappa shape index (κ2) is 8.13. The number of carbonyl (C=O) groups excluding carboxylic acids is 1. The molecule has 6 nitrogen and oxygen atoms in total. The Kier molecular flexibility index (Phi) is 6.17. The third-order valence-electron chi connectivity index (χ3n) is 3.91. The minimum atomic E-state index is -3.73. The second-order valence-electron chi connectivity index (χ2n) is 5.77. The highest BCUT2D eigenvalue weighted by molar-refractivity contribution is 7.92. The third-order valence-corrected chi connectivity index (χ3v) is 5.31. The molecule has 0 saturated heterocycles. The van der Waals surface area contributed by atoms with Crippen molar-refractivity contribution in [3.63, 3.8) is 0 Å². The predicted molar refractivity (Wildman–Crippen MR) is 98.1 cm³/mol. The molecule has 2 aromatic rings. The smallest absolute Gasteiger partial charge is 0.261 e. The number of hydrogen-bond acceptors (Lipinski definition) is 4. The zero-order valence-electron chi connectivity index (χ0n) is 14.2. The summed E-state index contributed by atoms with van der Waals surface area (Å²) in [6.07, 6.45) is 0.983. The number of aliphatic hydroxyl groups is 1. The van der Waals surface area contributed by atoms with E-state index in [1.165, 1.54) is 6.07 Å². The summed E-state index contributed by atoms with van der Waals surface area (Å²) in [5, 5.41) is 11.2. The van der Waals surface area contributed by atoms with Crippen LogP contribution in [0.5, 0.6) is 0 Å². The minimum absolute atomic E-state index is 0.171. The minimum Gasteiger partial charge on any atom is -0.387 e. The fraction of sp³-hybridized carbons (Fsp3) is 0.278. The highest BCUT2D eigenvalue weighted by Crippen LogP contribution is 2.23. The fourth-order valence-corrected chi connectivity index (χ4v) is 3.34. The predicted octanol–water partition coefficient (Wildman–Crippen LogP) is 2.93. The Morgan fingerprint density at radius 2 is 1.76 bits per heavy atom. The number of benzene rings is 2. The van der Waals surface area contributed by atoms with Gasteiger partial charge < -0.3 is 10.4 Å². The van der Waals surface area contributed by atoms with Crippen molar-refractivity contribution in [3.05, 3.63) is 54.1 Å². The van der Waals surface area contributed by atoms with Crippen LogP contribution in [0.25, 0.3) is 0 Å². The van der Waals surface area contributed by atoms with Crippen LogP contribution in [0.1, 0.15) is 31.7 Å². The van der Waals surface area contributed by atoms with Gasteiger partial charge in [0.2, 0.25) is 5.91 Å². The van der Waals surface area contributed by atoms with E-state index >= 15 is 0 Å². The van der Waals surface area contributed by atoms with E-state index in [4.69, 9.17) is 5.11 Å². The van der Waals surface area contributed by atoms with Gasteiger partial charge in [-0.3, -0.25) is 9.52 Å². The molecule has 2 rings (SSSR count). The number of nitrogens with one attached hydrogen (secondary N) is 2. The molecule has 0 radical (unpaired) electrons. The van der Waals surface area contributed by atoms with E-state index < -0.39 is 22.5 Å². The van der Waals surface area contributed by atoms with E-state index in [0.29, 0.717) is 17.3 Å². The average Bonchev–Trinajstić information content (AvgIpc) is 2.61. The molecule has 0 saturated carbocycles. The monoisotopic (exact) mass is 362 g/mol. The summed E-state index contributed by atoms with van der Waals surface area (Å²) < 4.78 is 27.5. The van der Waals surface area contributed by atoms with E-state index in [2.05, 4.69) is 23.9 Å². The molecule has 0 spiro atoms. The Balaban J connectivity index is 2.18. The van der Waals surface area contributed by atoms with Crippen LogP contribution < -0.4 is 10.0 Å². The molecule has 0 aliphatic carbocycles. The van der Waals surface area contributed by atoms with E-state index in [1.807, 2.05) is 12.1 Å². The summed E-state index contributed by atoms with van der Waals surface area (Å²) in [4.78, 5) is 11.4. The van der Waals surface area contributed by atoms with Gasteiger partial charge in [0, 0.05) is 5.69 Å². The lowest BCUT2D eigenvalue weighted by atomic mass is 9.99. The summed E-state index contributed by atoms with van der Waals surface area (Å²) in [6.45, 7) is 3.53. The van der Waals surface area contributed by atoms with E-state index in [-0.39, 0.29) is 4.90 Å². The zero-order valence-corrected chi connectivity index (χ0v) is 15.0. The van der Waals surface area contributed by atoms with Crippen molar-refractivity contribution in [1.82, 2.24) is 0 Å². The topological polar surface area (TPSA) is 95.5 Å². The summed E-state index contributed by atoms with van der Waals surface area (Å²) in [5.74, 6) is -0.197. The van der Waals surface area contributed by atoms with Crippen molar-refractivity contribution >= 4 is 27.3 Å². The van der Waals surface area contributed by atoms with Gasteiger partial charge in [-0.05, 0) is 48.2 Å². The maximum atomic E-state index is 12.5. The number of rotatable bonds is 7. The van der Waals surface area contributed by atoms with E-state index in [1.54, 1.807) is 30.3 Å². The van der Waals surface area contributed by atoms with Crippen LogP contribution >= 0.6 is 0 Å². The highest BCUT2D eigenvalue weighted by atomic mass is 32.2. The van der Waals surface area contributed by atoms with E-state index in [0.717, 1.165) is 12.0 Å². The summed E-state index contributed by atoms with van der Waals surface area (Å²) >= 11 is 0. The van der Waals surface area contributed by atoms with Crippen molar-refractivity contribution in [3.8, 4) is 0 Å². The molecule has 0 bridgehead atoms. The lowest BCUT2D eigenvalue weighted by Crippen LogP contribution is -2.16. The first-order valence-corrected chi connectivity index (χ1v) is 9.47. The number of hydrogen-bond donors (Lipinski definition) is 3. The quantitative estimate of drug-likeness (QED) is 0.706. The summed E-state index contributed by atoms with van der Waals surface area (Å²) in [7, 11) is -3.73. The zero-order chi connectivity index (χ0) is 18.4. The number of anilines is 2. The number of sulfonamides is 1. The van der Waals surface area contributed by atoms with Crippen LogP contribution in [0.3, 0.4) is 0 Å². The molecule has 25 heavy (non-hydrogen) atoms. The lowest BCUT2D eigenvalue weighted by molar-refractivity contribution is -0.118. The Morgan fingerprint density at radius 3 is 2.36 bits per heavy atom. The Morgan fingerprint density at radius 1 is 1.12 bits per heavy atom. The standard InChI is InChI=1S/C18H22N2O4S/c1-3-13(2)14-7-9-17(10-8-14)25(23,24)20-16-6-4-5-15(11-16)19-18(22)12-21/h4-11,13,20-21H,3,12H2,1-2H3,(H,19,22). The molecule has 0 aromatic heterocycles. The van der Waals surface area contributed by atoms with Gasteiger partial charge >= 0.3 is 0 Å². The van der Waals surface area contributed by atoms with Gasteiger partial charge in [0.1, 0.15) is 6.61 Å². The summed E-state index contributed by atoms with van der Waals surface area (Å²) in [6, 6.07) is 13.1. The Labute approximate surface area is 147 Å². The normalized spacial score (nSPS) is 12.4. The van der Waals surface area contributed by atoms with Gasteiger partial charge in [0.25, 0.3) is 10.0 Å². The molecule has 134 valence electrons. The molecule has 2 aromatic carbocycles. The third kappa shape index (κ3) is 5.04. The highest BCUT2D eigenvalue weighted by Gasteiger charge is 2.15. The van der Waals surface area contributed by atoms with Crippen LogP contribution in [0.4, 0.5) is 11.4 Å². The van der Waals surface area contributed by atoms with E-state index in [9.17, 15) is 13.2 Å².